The molecule has 0 aromatic carbocycles. The highest BCUT2D eigenvalue weighted by atomic mass is 32.1. The molecule has 0 amide bonds. The molecular formula is C14H13N3S2. The summed E-state index contributed by atoms with van der Waals surface area (Å²) in [7, 11) is 2.15. The van der Waals surface area contributed by atoms with Crippen molar-refractivity contribution in [3.05, 3.63) is 34.2 Å². The highest BCUT2D eigenvalue weighted by Gasteiger charge is 2.24. The molecule has 0 bridgehead atoms. The van der Waals surface area contributed by atoms with Crippen LogP contribution in [-0.2, 0) is 25.6 Å². The Labute approximate surface area is 121 Å². The molecule has 0 spiro atoms. The minimum absolute atomic E-state index is 0.444. The summed E-state index contributed by atoms with van der Waals surface area (Å²) in [5.74, 6) is 0. The van der Waals surface area contributed by atoms with Crippen LogP contribution in [-0.4, -0.2) is 18.6 Å². The lowest BCUT2D eigenvalue weighted by atomic mass is 9.94. The van der Waals surface area contributed by atoms with Crippen molar-refractivity contribution in [3.8, 4) is 16.6 Å². The fraction of sp³-hybridized carbons (Fsp3) is 0.286. The van der Waals surface area contributed by atoms with Crippen molar-refractivity contribution in [3.63, 3.8) is 0 Å². The van der Waals surface area contributed by atoms with E-state index in [0.717, 1.165) is 35.6 Å². The molecule has 2 aromatic heterocycles. The highest BCUT2D eigenvalue weighted by molar-refractivity contribution is 7.58. The number of likely N-dealkylation sites (N-methyl/N-ethyl adjacent to an activating group) is 1. The van der Waals surface area contributed by atoms with Crippen molar-refractivity contribution in [2.45, 2.75) is 18.0 Å². The first-order valence-corrected chi connectivity index (χ1v) is 7.47. The van der Waals surface area contributed by atoms with Crippen molar-refractivity contribution in [2.24, 2.45) is 0 Å². The molecule has 1 aliphatic heterocycles. The first-order valence-electron chi connectivity index (χ1n) is 6.18. The van der Waals surface area contributed by atoms with Crippen LogP contribution in [0.25, 0.3) is 10.6 Å². The maximum absolute atomic E-state index is 9.32. The van der Waals surface area contributed by atoms with Crippen molar-refractivity contribution in [1.29, 1.82) is 5.26 Å². The number of aromatic nitrogens is 1. The topological polar surface area (TPSA) is 41.1 Å². The predicted octanol–water partition coefficient (Wildman–Crippen LogP) is 1.16. The molecule has 0 saturated heterocycles. The third-order valence-electron chi connectivity index (χ3n) is 3.53. The summed E-state index contributed by atoms with van der Waals surface area (Å²) in [5.41, 5.74) is 3.92. The predicted molar refractivity (Wildman–Crippen MR) is 77.1 cm³/mol. The zero-order chi connectivity index (χ0) is 13.4. The molecule has 3 nitrogen and oxygen atoms in total. The van der Waals surface area contributed by atoms with E-state index >= 15 is 0 Å². The smallest absolute Gasteiger partial charge is 0.104 e. The van der Waals surface area contributed by atoms with E-state index < -0.39 is 0 Å². The number of thiophene rings is 1. The normalized spacial score (nSPS) is 17.8. The summed E-state index contributed by atoms with van der Waals surface area (Å²) in [5, 5.41) is 11.8. The second-order valence-corrected chi connectivity index (χ2v) is 6.16. The Morgan fingerprint density at radius 3 is 3.00 bits per heavy atom. The van der Waals surface area contributed by atoms with Gasteiger partial charge in [-0.2, -0.15) is 5.26 Å². The third kappa shape index (κ3) is 2.12. The highest BCUT2D eigenvalue weighted by Crippen LogP contribution is 2.32. The minimum atomic E-state index is 0.444. The van der Waals surface area contributed by atoms with E-state index in [4.69, 9.17) is 12.6 Å². The van der Waals surface area contributed by atoms with Gasteiger partial charge in [0.1, 0.15) is 6.54 Å². The zero-order valence-corrected chi connectivity index (χ0v) is 12.2. The van der Waals surface area contributed by atoms with Crippen LogP contribution in [0, 0.1) is 11.3 Å². The molecule has 0 radical (unpaired) electrons. The fourth-order valence-corrected chi connectivity index (χ4v) is 3.57. The van der Waals surface area contributed by atoms with Gasteiger partial charge in [-0.25, -0.2) is 0 Å². The number of pyridine rings is 1. The Hall–Kier alpha value is -1.48. The molecule has 0 aliphatic carbocycles. The van der Waals surface area contributed by atoms with Gasteiger partial charge in [0.25, 0.3) is 0 Å². The van der Waals surface area contributed by atoms with E-state index in [2.05, 4.69) is 24.2 Å². The largest absolute Gasteiger partial charge is 0.759 e. The molecule has 1 N–H and O–H groups in total. The van der Waals surface area contributed by atoms with Crippen LogP contribution < -0.4 is 4.90 Å². The molecule has 1 aliphatic rings. The summed E-state index contributed by atoms with van der Waals surface area (Å²) >= 11 is 6.97. The minimum Gasteiger partial charge on any atom is -0.759 e. The Morgan fingerprint density at radius 1 is 1.47 bits per heavy atom. The Morgan fingerprint density at radius 2 is 2.32 bits per heavy atom. The first-order chi connectivity index (χ1) is 9.20. The third-order valence-corrected chi connectivity index (χ3v) is 4.70. The molecule has 96 valence electrons. The van der Waals surface area contributed by atoms with Gasteiger partial charge in [-0.05, 0) is 17.0 Å². The lowest BCUT2D eigenvalue weighted by Gasteiger charge is -2.27. The molecule has 5 heteroatoms. The number of hydrogen-bond donors (Lipinski definition) is 1. The van der Waals surface area contributed by atoms with Gasteiger partial charge in [-0.15, -0.1) is 11.3 Å². The zero-order valence-electron chi connectivity index (χ0n) is 10.6. The maximum atomic E-state index is 9.32. The SMILES string of the molecule is C[NH+]1CCc2c(-c3cccs3)nc([S-])c(C#N)c2C1. The van der Waals surface area contributed by atoms with Crippen molar-refractivity contribution in [2.75, 3.05) is 13.6 Å². The fourth-order valence-electron chi connectivity index (χ4n) is 2.57. The van der Waals surface area contributed by atoms with Crippen LogP contribution in [0.3, 0.4) is 0 Å². The van der Waals surface area contributed by atoms with Gasteiger partial charge in [0.05, 0.1) is 35.8 Å². The van der Waals surface area contributed by atoms with Gasteiger partial charge < -0.3 is 17.5 Å². The second-order valence-electron chi connectivity index (χ2n) is 4.82. The van der Waals surface area contributed by atoms with Gasteiger partial charge in [-0.1, -0.05) is 11.1 Å². The average molecular weight is 287 g/mol. The van der Waals surface area contributed by atoms with E-state index in [-0.39, 0.29) is 0 Å². The molecular weight excluding hydrogens is 274 g/mol. The summed E-state index contributed by atoms with van der Waals surface area (Å²) < 4.78 is 0. The molecule has 19 heavy (non-hydrogen) atoms. The molecule has 2 aromatic rings. The van der Waals surface area contributed by atoms with Crippen LogP contribution in [0.2, 0.25) is 0 Å². The summed E-state index contributed by atoms with van der Waals surface area (Å²) in [6.45, 7) is 1.94. The number of nitriles is 1. The van der Waals surface area contributed by atoms with Gasteiger partial charge in [-0.3, -0.25) is 4.98 Å². The lowest BCUT2D eigenvalue weighted by Crippen LogP contribution is -3.08. The Bertz CT molecular complexity index is 656. The quantitative estimate of drug-likeness (QED) is 0.800. The molecule has 0 saturated carbocycles. The molecule has 3 rings (SSSR count). The van der Waals surface area contributed by atoms with E-state index in [1.165, 1.54) is 10.5 Å². The summed E-state index contributed by atoms with van der Waals surface area (Å²) in [4.78, 5) is 7.08. The second kappa shape index (κ2) is 4.89. The monoisotopic (exact) mass is 287 g/mol. The summed E-state index contributed by atoms with van der Waals surface area (Å²) in [6, 6.07) is 6.33. The van der Waals surface area contributed by atoms with E-state index in [1.807, 2.05) is 11.4 Å². The van der Waals surface area contributed by atoms with Gasteiger partial charge in [0, 0.05) is 12.0 Å². The Kier molecular flexibility index (Phi) is 3.23. The van der Waals surface area contributed by atoms with Crippen LogP contribution in [0.15, 0.2) is 22.5 Å². The van der Waals surface area contributed by atoms with Crippen LogP contribution in [0.4, 0.5) is 0 Å². The van der Waals surface area contributed by atoms with E-state index in [0.29, 0.717) is 10.6 Å². The number of nitrogens with zero attached hydrogens (tertiary/aromatic N) is 2. The van der Waals surface area contributed by atoms with Crippen LogP contribution in [0.5, 0.6) is 0 Å². The number of hydrogen-bond acceptors (Lipinski definition) is 4. The van der Waals surface area contributed by atoms with E-state index in [1.54, 1.807) is 11.3 Å². The standard InChI is InChI=1S/C14H13N3S2/c1-17-5-4-9-11(8-17)10(7-15)14(18)16-13(9)12-3-2-6-19-12/h2-3,6H,4-5,8H2,1H3,(H,16,18). The first kappa shape index (κ1) is 12.5. The molecule has 3 heterocycles. The van der Waals surface area contributed by atoms with Crippen molar-refractivity contribution < 1.29 is 4.90 Å². The maximum Gasteiger partial charge on any atom is 0.104 e. The van der Waals surface area contributed by atoms with Crippen molar-refractivity contribution in [1.82, 2.24) is 4.98 Å². The van der Waals surface area contributed by atoms with Gasteiger partial charge in [0.15, 0.2) is 0 Å². The van der Waals surface area contributed by atoms with Crippen molar-refractivity contribution >= 4 is 24.0 Å². The molecule has 1 unspecified atom stereocenters. The number of fused-ring (bicyclic) bond motifs is 1. The molecule has 0 fully saturated rings. The van der Waals surface area contributed by atoms with Crippen LogP contribution >= 0.6 is 11.3 Å². The van der Waals surface area contributed by atoms with Crippen LogP contribution in [0.1, 0.15) is 16.7 Å². The number of quaternary nitrogens is 1. The summed E-state index contributed by atoms with van der Waals surface area (Å²) in [6.07, 6.45) is 0.964. The Balaban J connectivity index is 2.26. The van der Waals surface area contributed by atoms with Gasteiger partial charge in [0.2, 0.25) is 0 Å². The van der Waals surface area contributed by atoms with E-state index in [9.17, 15) is 5.26 Å². The average Bonchev–Trinajstić information content (AvgIpc) is 2.91. The number of rotatable bonds is 1. The van der Waals surface area contributed by atoms with Gasteiger partial charge >= 0.3 is 0 Å². The lowest BCUT2D eigenvalue weighted by molar-refractivity contribution is -0.895. The molecule has 1 atom stereocenters. The number of nitrogens with one attached hydrogen (secondary N) is 1.